The van der Waals surface area contributed by atoms with Gasteiger partial charge in [-0.2, -0.15) is 6.08 Å². The summed E-state index contributed by atoms with van der Waals surface area (Å²) in [7, 11) is 0. The second-order valence-electron chi connectivity index (χ2n) is 16.5. The summed E-state index contributed by atoms with van der Waals surface area (Å²) in [6.07, 6.45) is 10.0. The Hall–Kier alpha value is -4.00. The molecule has 0 unspecified atom stereocenters. The molecule has 1 aliphatic rings. The molecule has 0 bridgehead atoms. The molecule has 56 heavy (non-hydrogen) atoms. The van der Waals surface area contributed by atoms with Gasteiger partial charge in [-0.1, -0.05) is 114 Å². The van der Waals surface area contributed by atoms with Crippen LogP contribution in [0.3, 0.4) is 0 Å². The number of hydrogen-bond donors (Lipinski definition) is 0. The molecule has 0 spiro atoms. The molecule has 0 amide bonds. The number of fused-ring (bicyclic) bond motifs is 3. The second-order valence-corrected chi connectivity index (χ2v) is 17.7. The van der Waals surface area contributed by atoms with Gasteiger partial charge in [0.15, 0.2) is 0 Å². The van der Waals surface area contributed by atoms with E-state index in [0.717, 1.165) is 6.42 Å². The third kappa shape index (κ3) is 10.9. The zero-order valence-corrected chi connectivity index (χ0v) is 37.9. The van der Waals surface area contributed by atoms with Gasteiger partial charge in [0.2, 0.25) is 0 Å². The minimum absolute atomic E-state index is 0. The van der Waals surface area contributed by atoms with Crippen LogP contribution in [0.5, 0.6) is 0 Å². The van der Waals surface area contributed by atoms with Crippen molar-refractivity contribution in [3.8, 4) is 22.3 Å². The molecule has 0 saturated heterocycles. The number of rotatable bonds is 4. The van der Waals surface area contributed by atoms with Gasteiger partial charge in [0, 0.05) is 0 Å². The van der Waals surface area contributed by atoms with E-state index >= 15 is 0 Å². The van der Waals surface area contributed by atoms with E-state index in [4.69, 9.17) is 0 Å². The van der Waals surface area contributed by atoms with Crippen LogP contribution in [0.4, 0.5) is 0 Å². The van der Waals surface area contributed by atoms with Crippen LogP contribution in [-0.4, -0.2) is 3.21 Å². The molecule has 3 heteroatoms. The summed E-state index contributed by atoms with van der Waals surface area (Å²) >= 11 is 1.47. The Bertz CT molecular complexity index is 2280. The molecule has 7 aromatic rings. The van der Waals surface area contributed by atoms with Gasteiger partial charge in [-0.05, 0) is 44.2 Å². The molecule has 8 rings (SSSR count). The van der Waals surface area contributed by atoms with E-state index in [0.29, 0.717) is 0 Å². The molecule has 284 valence electrons. The van der Waals surface area contributed by atoms with E-state index < -0.39 is 0 Å². The predicted molar refractivity (Wildman–Crippen MR) is 232 cm³/mol. The van der Waals surface area contributed by atoms with E-state index in [2.05, 4.69) is 207 Å². The molecule has 0 N–H and O–H groups in total. The van der Waals surface area contributed by atoms with E-state index in [1.165, 1.54) is 105 Å². The smallest absolute Gasteiger partial charge is 0.109 e. The fourth-order valence-electron chi connectivity index (χ4n) is 7.17. The molecule has 0 radical (unpaired) electrons. The zero-order chi connectivity index (χ0) is 38.5. The normalized spacial score (nSPS) is 11.9. The fourth-order valence-corrected chi connectivity index (χ4v) is 7.93. The van der Waals surface area contributed by atoms with Crippen molar-refractivity contribution < 1.29 is 49.0 Å². The molecular weight excluding hydrogens is 799 g/mol. The van der Waals surface area contributed by atoms with Crippen molar-refractivity contribution in [2.75, 3.05) is 0 Å². The quantitative estimate of drug-likeness (QED) is 0.156. The maximum Gasteiger partial charge on any atom is -0.109 e. The average Bonchev–Trinajstić information content (AvgIpc) is 3.86. The van der Waals surface area contributed by atoms with Crippen molar-refractivity contribution in [1.82, 2.24) is 0 Å². The first kappa shape index (κ1) is 44.7. The van der Waals surface area contributed by atoms with Crippen molar-refractivity contribution in [3.63, 3.8) is 0 Å². The van der Waals surface area contributed by atoms with E-state index in [1.54, 1.807) is 0 Å². The Morgan fingerprint density at radius 1 is 0.554 bits per heavy atom. The maximum atomic E-state index is 2.99. The van der Waals surface area contributed by atoms with Crippen molar-refractivity contribution in [1.29, 1.82) is 0 Å². The zero-order valence-electron chi connectivity index (χ0n) is 34.0. The number of hydrogen-bond acceptors (Lipinski definition) is 0. The first-order valence-corrected chi connectivity index (χ1v) is 20.3. The summed E-state index contributed by atoms with van der Waals surface area (Å²) in [6, 6.07) is 51.2. The van der Waals surface area contributed by atoms with Gasteiger partial charge in [0.1, 0.15) is 0 Å². The van der Waals surface area contributed by atoms with Gasteiger partial charge in [0.05, 0.1) is 0 Å². The SMILES string of the molecule is CC(C)(C)c1cc2c(cc1-c1ccccc1)[cH-]c1cc(-c3ccccc3)c(C(C)(C)C)cc12.Cc1cccc([C](=[Zr+2])c2cccc(C)c2)c1.[C-]1=CC=CC1.[Cl-].[Cl-]. The third-order valence-electron chi connectivity index (χ3n) is 9.97. The van der Waals surface area contributed by atoms with Gasteiger partial charge < -0.3 is 24.8 Å². The molecular formula is C53H52Cl2Zr-2. The summed E-state index contributed by atoms with van der Waals surface area (Å²) in [4.78, 5) is 0. The average molecular weight is 851 g/mol. The van der Waals surface area contributed by atoms with Crippen molar-refractivity contribution in [3.05, 3.63) is 197 Å². The molecule has 7 aromatic carbocycles. The molecule has 0 nitrogen and oxygen atoms in total. The number of halogens is 2. The van der Waals surface area contributed by atoms with E-state index in [9.17, 15) is 0 Å². The minimum atomic E-state index is 0. The van der Waals surface area contributed by atoms with Crippen LogP contribution in [0.15, 0.2) is 158 Å². The van der Waals surface area contributed by atoms with Crippen molar-refractivity contribution in [2.24, 2.45) is 0 Å². The van der Waals surface area contributed by atoms with E-state index in [-0.39, 0.29) is 35.6 Å². The largest absolute Gasteiger partial charge is 1.00 e. The topological polar surface area (TPSA) is 0 Å². The predicted octanol–water partition coefficient (Wildman–Crippen LogP) is 8.37. The summed E-state index contributed by atoms with van der Waals surface area (Å²) < 4.78 is 1.43. The van der Waals surface area contributed by atoms with Crippen molar-refractivity contribution in [2.45, 2.75) is 72.6 Å². The molecule has 0 aromatic heterocycles. The number of aryl methyl sites for hydroxylation is 2. The Balaban J connectivity index is 0.000000252. The molecule has 1 aliphatic carbocycles. The molecule has 0 saturated carbocycles. The summed E-state index contributed by atoms with van der Waals surface area (Å²) in [5.74, 6) is 0. The van der Waals surface area contributed by atoms with Crippen LogP contribution in [-0.2, 0) is 35.1 Å². The summed E-state index contributed by atoms with van der Waals surface area (Å²) in [6.45, 7) is 18.2. The van der Waals surface area contributed by atoms with Crippen LogP contribution < -0.4 is 24.8 Å². The van der Waals surface area contributed by atoms with Crippen molar-refractivity contribution >= 4 is 24.8 Å². The van der Waals surface area contributed by atoms with Crippen LogP contribution >= 0.6 is 0 Å². The van der Waals surface area contributed by atoms with Gasteiger partial charge in [0.25, 0.3) is 0 Å². The van der Waals surface area contributed by atoms with E-state index in [1.807, 2.05) is 12.2 Å². The molecule has 0 heterocycles. The summed E-state index contributed by atoms with van der Waals surface area (Å²) in [5.41, 5.74) is 13.5. The fraction of sp³-hybridized carbons (Fsp3) is 0.208. The molecule has 0 fully saturated rings. The van der Waals surface area contributed by atoms with Crippen LogP contribution in [0.2, 0.25) is 0 Å². The van der Waals surface area contributed by atoms with Gasteiger partial charge >= 0.3 is 112 Å². The Kier molecular flexibility index (Phi) is 15.5. The maximum absolute atomic E-state index is 2.99. The van der Waals surface area contributed by atoms with Gasteiger partial charge in [-0.3, -0.25) is 6.08 Å². The minimum Gasteiger partial charge on any atom is -1.00 e. The Morgan fingerprint density at radius 3 is 1.30 bits per heavy atom. The van der Waals surface area contributed by atoms with Gasteiger partial charge in [-0.15, -0.1) is 46.2 Å². The Labute approximate surface area is 363 Å². The number of benzene rings is 6. The number of allylic oxidation sites excluding steroid dienone is 4. The second kappa shape index (κ2) is 19.4. The first-order chi connectivity index (χ1) is 25.8. The first-order valence-electron chi connectivity index (χ1n) is 19.1. The van der Waals surface area contributed by atoms with Gasteiger partial charge in [-0.25, -0.2) is 12.2 Å². The third-order valence-corrected chi connectivity index (χ3v) is 11.4. The van der Waals surface area contributed by atoms with Crippen LogP contribution in [0.25, 0.3) is 43.8 Å². The molecule has 0 atom stereocenters. The standard InChI is InChI=1S/C33H33.C15H14.C5H5.2ClH.Zr/c1-32(2,3)30-20-26-24(18-28(30)22-13-9-7-10-14-22)17-25-19-29(23-15-11-8-12-16-23)31(21-27(25)26)33(4,5)6;1-12-5-3-7-14(9-12)11-15-8-4-6-13(2)10-15;1-2-4-5-3-1;;;/h7-21H,1-6H3;3-10H,1-2H3;1-3H,4H2;2*1H;/q-1;;-1;;;+2/p-2. The van der Waals surface area contributed by atoms with Crippen LogP contribution in [0, 0.1) is 19.9 Å². The Morgan fingerprint density at radius 2 is 0.982 bits per heavy atom. The van der Waals surface area contributed by atoms with Crippen LogP contribution in [0.1, 0.15) is 81.3 Å². The monoisotopic (exact) mass is 848 g/mol. The summed E-state index contributed by atoms with van der Waals surface area (Å²) in [5, 5.41) is 5.36. The molecule has 0 aliphatic heterocycles.